The number of hydrogen-bond acceptors (Lipinski definition) is 5. The molecule has 3 fully saturated rings. The molecule has 1 saturated carbocycles. The molecule has 0 unspecified atom stereocenters. The summed E-state index contributed by atoms with van der Waals surface area (Å²) in [6, 6.07) is 7.50. The first-order chi connectivity index (χ1) is 13.6. The van der Waals surface area contributed by atoms with Crippen molar-refractivity contribution in [1.29, 1.82) is 0 Å². The number of nitrogens with one attached hydrogen (secondary N) is 1. The number of hydrogen-bond donors (Lipinski definition) is 1. The molecule has 1 aliphatic carbocycles. The second-order valence-electron chi connectivity index (χ2n) is 8.85. The summed E-state index contributed by atoms with van der Waals surface area (Å²) in [5.41, 5.74) is 2.32. The molecule has 28 heavy (non-hydrogen) atoms. The first-order valence-electron chi connectivity index (χ1n) is 10.8. The maximum Gasteiger partial charge on any atom is 0.217 e. The Bertz CT molecular complexity index is 741. The van der Waals surface area contributed by atoms with Gasteiger partial charge in [-0.3, -0.25) is 9.69 Å². The highest BCUT2D eigenvalue weighted by Gasteiger charge is 2.42. The van der Waals surface area contributed by atoms with E-state index in [1.165, 1.54) is 24.9 Å². The third-order valence-electron chi connectivity index (χ3n) is 6.94. The van der Waals surface area contributed by atoms with E-state index in [9.17, 15) is 4.79 Å². The van der Waals surface area contributed by atoms with Crippen LogP contribution < -0.4 is 15.0 Å². The van der Waals surface area contributed by atoms with E-state index in [2.05, 4.69) is 33.3 Å². The zero-order valence-corrected chi connectivity index (χ0v) is 16.8. The van der Waals surface area contributed by atoms with Crippen molar-refractivity contribution in [3.05, 3.63) is 23.8 Å². The van der Waals surface area contributed by atoms with Crippen molar-refractivity contribution < 1.29 is 14.3 Å². The second-order valence-corrected chi connectivity index (χ2v) is 8.85. The van der Waals surface area contributed by atoms with Crippen LogP contribution in [0.15, 0.2) is 18.2 Å². The average Bonchev–Trinajstić information content (AvgIpc) is 3.10. The van der Waals surface area contributed by atoms with Crippen molar-refractivity contribution in [1.82, 2.24) is 10.2 Å². The minimum absolute atomic E-state index is 0.0488. The molecule has 3 heterocycles. The SMILES string of the molecule is CC(=O)N[C@@H]1CCN(c2ccc3c(c2)COC2(CCN(C4CCC4)CC2)O3)C1. The fourth-order valence-corrected chi connectivity index (χ4v) is 5.04. The van der Waals surface area contributed by atoms with Crippen LogP contribution in [0.4, 0.5) is 5.69 Å². The summed E-state index contributed by atoms with van der Waals surface area (Å²) in [4.78, 5) is 16.3. The van der Waals surface area contributed by atoms with E-state index in [0.29, 0.717) is 6.61 Å². The first kappa shape index (κ1) is 18.3. The van der Waals surface area contributed by atoms with Gasteiger partial charge < -0.3 is 19.7 Å². The molecule has 0 aromatic heterocycles. The number of ether oxygens (including phenoxy) is 2. The second kappa shape index (κ2) is 7.23. The van der Waals surface area contributed by atoms with Crippen LogP contribution in [-0.4, -0.2) is 54.9 Å². The van der Waals surface area contributed by atoms with Gasteiger partial charge in [0.2, 0.25) is 11.7 Å². The first-order valence-corrected chi connectivity index (χ1v) is 10.8. The smallest absolute Gasteiger partial charge is 0.217 e. The van der Waals surface area contributed by atoms with Gasteiger partial charge in [-0.2, -0.15) is 0 Å². The minimum Gasteiger partial charge on any atom is -0.462 e. The van der Waals surface area contributed by atoms with Crippen molar-refractivity contribution in [2.45, 2.75) is 69.9 Å². The molecule has 1 spiro atoms. The lowest BCUT2D eigenvalue weighted by atomic mass is 9.89. The third kappa shape index (κ3) is 3.48. The van der Waals surface area contributed by atoms with Crippen LogP contribution in [0.3, 0.4) is 0 Å². The fraction of sp³-hybridized carbons (Fsp3) is 0.682. The normalized spacial score (nSPS) is 27.2. The molecule has 0 bridgehead atoms. The Hall–Kier alpha value is -1.79. The summed E-state index contributed by atoms with van der Waals surface area (Å²) in [6.45, 7) is 6.19. The average molecular weight is 386 g/mol. The van der Waals surface area contributed by atoms with Crippen molar-refractivity contribution in [2.24, 2.45) is 0 Å². The summed E-state index contributed by atoms with van der Waals surface area (Å²) < 4.78 is 12.7. The van der Waals surface area contributed by atoms with Gasteiger partial charge in [0.25, 0.3) is 0 Å². The molecule has 152 valence electrons. The van der Waals surface area contributed by atoms with Crippen molar-refractivity contribution in [3.8, 4) is 5.75 Å². The molecular formula is C22H31N3O3. The van der Waals surface area contributed by atoms with E-state index in [-0.39, 0.29) is 11.9 Å². The molecule has 1 aromatic rings. The number of benzene rings is 1. The van der Waals surface area contributed by atoms with Gasteiger partial charge in [-0.05, 0) is 37.5 Å². The summed E-state index contributed by atoms with van der Waals surface area (Å²) in [6.07, 6.45) is 7.01. The number of carbonyl (C=O) groups excluding carboxylic acids is 1. The maximum atomic E-state index is 11.3. The van der Waals surface area contributed by atoms with Crippen molar-refractivity contribution in [3.63, 3.8) is 0 Å². The third-order valence-corrected chi connectivity index (χ3v) is 6.94. The van der Waals surface area contributed by atoms with E-state index in [1.54, 1.807) is 6.92 Å². The Balaban J connectivity index is 1.22. The minimum atomic E-state index is -0.432. The Morgan fingerprint density at radius 3 is 2.71 bits per heavy atom. The molecular weight excluding hydrogens is 354 g/mol. The van der Waals surface area contributed by atoms with Gasteiger partial charge in [-0.1, -0.05) is 6.42 Å². The predicted octanol–water partition coefficient (Wildman–Crippen LogP) is 2.66. The van der Waals surface area contributed by atoms with E-state index >= 15 is 0 Å². The monoisotopic (exact) mass is 385 g/mol. The van der Waals surface area contributed by atoms with Gasteiger partial charge in [0.15, 0.2) is 0 Å². The highest BCUT2D eigenvalue weighted by Crippen LogP contribution is 2.40. The highest BCUT2D eigenvalue weighted by atomic mass is 16.7. The number of rotatable bonds is 3. The number of likely N-dealkylation sites (tertiary alicyclic amines) is 1. The highest BCUT2D eigenvalue weighted by molar-refractivity contribution is 5.73. The summed E-state index contributed by atoms with van der Waals surface area (Å²) in [5.74, 6) is 0.594. The molecule has 0 radical (unpaired) electrons. The lowest BCUT2D eigenvalue weighted by Crippen LogP contribution is -2.54. The molecule has 4 aliphatic rings. The molecule has 5 rings (SSSR count). The van der Waals surface area contributed by atoms with E-state index in [4.69, 9.17) is 9.47 Å². The molecule has 1 N–H and O–H groups in total. The van der Waals surface area contributed by atoms with Crippen LogP contribution in [-0.2, 0) is 16.1 Å². The number of fused-ring (bicyclic) bond motifs is 1. The molecule has 1 atom stereocenters. The van der Waals surface area contributed by atoms with Crippen LogP contribution in [0.25, 0.3) is 0 Å². The van der Waals surface area contributed by atoms with E-state index in [0.717, 1.165) is 62.8 Å². The van der Waals surface area contributed by atoms with Crippen molar-refractivity contribution >= 4 is 11.6 Å². The molecule has 1 amide bonds. The number of nitrogens with zero attached hydrogens (tertiary/aromatic N) is 2. The van der Waals surface area contributed by atoms with E-state index < -0.39 is 5.79 Å². The Morgan fingerprint density at radius 1 is 1.18 bits per heavy atom. The quantitative estimate of drug-likeness (QED) is 0.867. The summed E-state index contributed by atoms with van der Waals surface area (Å²) in [5, 5.41) is 3.03. The van der Waals surface area contributed by atoms with Gasteiger partial charge in [0.05, 0.1) is 6.61 Å². The number of amides is 1. The number of anilines is 1. The lowest BCUT2D eigenvalue weighted by molar-refractivity contribution is -0.231. The molecule has 1 aromatic carbocycles. The zero-order valence-electron chi connectivity index (χ0n) is 16.8. The fourth-order valence-electron chi connectivity index (χ4n) is 5.04. The van der Waals surface area contributed by atoms with E-state index in [1.807, 2.05) is 0 Å². The molecule has 6 heteroatoms. The van der Waals surface area contributed by atoms with Crippen LogP contribution in [0.5, 0.6) is 5.75 Å². The Kier molecular flexibility index (Phi) is 4.71. The largest absolute Gasteiger partial charge is 0.462 e. The van der Waals surface area contributed by atoms with Gasteiger partial charge >= 0.3 is 0 Å². The Labute approximate surface area is 167 Å². The number of piperidine rings is 1. The zero-order chi connectivity index (χ0) is 19.1. The van der Waals surface area contributed by atoms with Crippen LogP contribution >= 0.6 is 0 Å². The van der Waals surface area contributed by atoms with Gasteiger partial charge in [0, 0.05) is 69.3 Å². The topological polar surface area (TPSA) is 54.0 Å². The Morgan fingerprint density at radius 2 is 2.00 bits per heavy atom. The summed E-state index contributed by atoms with van der Waals surface area (Å²) >= 11 is 0. The molecule has 3 aliphatic heterocycles. The van der Waals surface area contributed by atoms with Gasteiger partial charge in [-0.15, -0.1) is 0 Å². The van der Waals surface area contributed by atoms with Crippen LogP contribution in [0, 0.1) is 0 Å². The van der Waals surface area contributed by atoms with Gasteiger partial charge in [-0.25, -0.2) is 0 Å². The molecule has 2 saturated heterocycles. The van der Waals surface area contributed by atoms with Crippen LogP contribution in [0.2, 0.25) is 0 Å². The predicted molar refractivity (Wildman–Crippen MR) is 107 cm³/mol. The van der Waals surface area contributed by atoms with Gasteiger partial charge in [0.1, 0.15) is 5.75 Å². The molecule has 6 nitrogen and oxygen atoms in total. The number of carbonyl (C=O) groups is 1. The lowest BCUT2D eigenvalue weighted by Gasteiger charge is -2.47. The van der Waals surface area contributed by atoms with Crippen molar-refractivity contribution in [2.75, 3.05) is 31.1 Å². The standard InChI is InChI=1S/C22H31N3O3/c1-16(26)23-18-7-10-25(14-18)20-5-6-21-17(13-20)15-27-22(28-21)8-11-24(12-9-22)19-3-2-4-19/h5-6,13,18-19H,2-4,7-12,14-15H2,1H3,(H,23,26)/t18-/m1/s1. The summed E-state index contributed by atoms with van der Waals surface area (Å²) in [7, 11) is 0. The van der Waals surface area contributed by atoms with Crippen LogP contribution in [0.1, 0.15) is 51.0 Å². The maximum absolute atomic E-state index is 11.3.